The Balaban J connectivity index is 2.73. The summed E-state index contributed by atoms with van der Waals surface area (Å²) in [7, 11) is 0. The van der Waals surface area contributed by atoms with Crippen LogP contribution >= 0.6 is 0 Å². The number of nitrogens with zero attached hydrogens (tertiary/aromatic N) is 1. The van der Waals surface area contributed by atoms with Crippen LogP contribution in [0, 0.1) is 0 Å². The van der Waals surface area contributed by atoms with Crippen molar-refractivity contribution in [2.45, 2.75) is 38.8 Å². The van der Waals surface area contributed by atoms with E-state index in [2.05, 4.69) is 0 Å². The van der Waals surface area contributed by atoms with E-state index in [4.69, 9.17) is 4.84 Å². The van der Waals surface area contributed by atoms with E-state index < -0.39 is 6.04 Å². The number of hydrogen-bond acceptors (Lipinski definition) is 4. The van der Waals surface area contributed by atoms with Gasteiger partial charge in [-0.2, -0.15) is 5.06 Å². The second-order valence-corrected chi connectivity index (χ2v) is 4.30. The molecule has 0 bridgehead atoms. The van der Waals surface area contributed by atoms with Gasteiger partial charge in [0.25, 0.3) is 0 Å². The minimum atomic E-state index is -0.549. The van der Waals surface area contributed by atoms with E-state index in [1.807, 2.05) is 20.8 Å². The van der Waals surface area contributed by atoms with Gasteiger partial charge in [0.05, 0.1) is 5.60 Å². The fraction of sp³-hybridized carbons (Fsp3) is 0.700. The molecule has 0 amide bonds. The highest BCUT2D eigenvalue weighted by Gasteiger charge is 2.33. The van der Waals surface area contributed by atoms with Gasteiger partial charge in [-0.1, -0.05) is 0 Å². The van der Waals surface area contributed by atoms with Crippen LogP contribution in [-0.2, 0) is 14.4 Å². The molecule has 1 fully saturated rings. The van der Waals surface area contributed by atoms with Crippen LogP contribution in [0.25, 0.3) is 0 Å². The van der Waals surface area contributed by atoms with Gasteiger partial charge < -0.3 is 4.79 Å². The molecule has 1 atom stereocenters. The molecule has 4 nitrogen and oxygen atoms in total. The summed E-state index contributed by atoms with van der Waals surface area (Å²) >= 11 is 0. The van der Waals surface area contributed by atoms with Gasteiger partial charge in [0.15, 0.2) is 0 Å². The lowest BCUT2D eigenvalue weighted by molar-refractivity contribution is -0.228. The summed E-state index contributed by atoms with van der Waals surface area (Å²) in [5.74, 6) is 1.79. The van der Waals surface area contributed by atoms with Crippen molar-refractivity contribution in [3.05, 3.63) is 5.57 Å². The van der Waals surface area contributed by atoms with Crippen LogP contribution in [0.2, 0.25) is 0 Å². The Bertz CT molecular complexity index is 274. The monoisotopic (exact) mass is 197 g/mol. The first-order valence-electron chi connectivity index (χ1n) is 4.63. The molecule has 0 saturated carbocycles. The molecule has 1 rings (SSSR count). The maximum absolute atomic E-state index is 10.8. The van der Waals surface area contributed by atoms with E-state index >= 15 is 0 Å². The second kappa shape index (κ2) is 4.05. The minimum absolute atomic E-state index is 0.348. The Morgan fingerprint density at radius 2 is 2.21 bits per heavy atom. The first-order valence-corrected chi connectivity index (χ1v) is 4.63. The maximum atomic E-state index is 10.8. The van der Waals surface area contributed by atoms with Crippen molar-refractivity contribution in [2.24, 2.45) is 0 Å². The first kappa shape index (κ1) is 11.1. The summed E-state index contributed by atoms with van der Waals surface area (Å²) in [6.07, 6.45) is 1.28. The Kier molecular flexibility index (Phi) is 3.21. The molecular weight excluding hydrogens is 182 g/mol. The Morgan fingerprint density at radius 1 is 1.57 bits per heavy atom. The summed E-state index contributed by atoms with van der Waals surface area (Å²) in [5.41, 5.74) is 0.129. The second-order valence-electron chi connectivity index (χ2n) is 4.30. The van der Waals surface area contributed by atoms with Crippen LogP contribution in [0.3, 0.4) is 0 Å². The molecule has 0 aliphatic carbocycles. The van der Waals surface area contributed by atoms with Crippen molar-refractivity contribution in [2.75, 3.05) is 6.54 Å². The zero-order chi connectivity index (χ0) is 10.8. The Morgan fingerprint density at radius 3 is 2.64 bits per heavy atom. The number of hydroxylamine groups is 2. The number of aldehydes is 1. The Hall–Kier alpha value is -0.960. The van der Waals surface area contributed by atoms with Crippen LogP contribution in [0.15, 0.2) is 5.57 Å². The molecule has 1 heterocycles. The van der Waals surface area contributed by atoms with Crippen molar-refractivity contribution in [1.82, 2.24) is 5.06 Å². The lowest BCUT2D eigenvalue weighted by Crippen LogP contribution is -2.38. The summed E-state index contributed by atoms with van der Waals surface area (Å²) < 4.78 is 0. The van der Waals surface area contributed by atoms with E-state index in [1.54, 1.807) is 11.0 Å². The quantitative estimate of drug-likeness (QED) is 0.484. The third kappa shape index (κ3) is 2.51. The molecule has 1 saturated heterocycles. The Labute approximate surface area is 83.5 Å². The van der Waals surface area contributed by atoms with Crippen LogP contribution in [-0.4, -0.2) is 35.5 Å². The van der Waals surface area contributed by atoms with Crippen LogP contribution in [0.5, 0.6) is 0 Å². The largest absolute Gasteiger partial charge is 0.301 e. The van der Waals surface area contributed by atoms with Gasteiger partial charge in [-0.3, -0.25) is 4.84 Å². The lowest BCUT2D eigenvalue weighted by Gasteiger charge is -2.28. The summed E-state index contributed by atoms with van der Waals surface area (Å²) in [5, 5.41) is 1.55. The standard InChI is InChI=1S/C10H15NO3/c1-10(2,3)14-11-5-4-8(6-12)9(11)7-13/h7,9H,4-5H2,1-3H3/t9-/m1/s1. The van der Waals surface area contributed by atoms with Crippen LogP contribution < -0.4 is 0 Å². The summed E-state index contributed by atoms with van der Waals surface area (Å²) in [6.45, 7) is 6.28. The van der Waals surface area contributed by atoms with Gasteiger partial charge in [-0.05, 0) is 27.2 Å². The SMILES string of the molecule is CC(C)(C)ON1CCC(=C=O)[C@H]1C=O. The first-order chi connectivity index (χ1) is 6.48. The number of carbonyl (C=O) groups excluding carboxylic acids is 2. The van der Waals surface area contributed by atoms with Gasteiger partial charge in [0.2, 0.25) is 0 Å². The molecule has 1 aliphatic heterocycles. The smallest absolute Gasteiger partial charge is 0.144 e. The van der Waals surface area contributed by atoms with Gasteiger partial charge in [0, 0.05) is 12.1 Å². The highest BCUT2D eigenvalue weighted by molar-refractivity contribution is 5.72. The van der Waals surface area contributed by atoms with Crippen molar-refractivity contribution in [3.8, 4) is 0 Å². The van der Waals surface area contributed by atoms with E-state index in [9.17, 15) is 9.59 Å². The van der Waals surface area contributed by atoms with Crippen molar-refractivity contribution in [3.63, 3.8) is 0 Å². The zero-order valence-corrected chi connectivity index (χ0v) is 8.74. The number of hydrogen-bond donors (Lipinski definition) is 0. The molecular formula is C10H15NO3. The summed E-state index contributed by atoms with van der Waals surface area (Å²) in [6, 6.07) is -0.549. The van der Waals surface area contributed by atoms with Gasteiger partial charge in [0.1, 0.15) is 18.3 Å². The molecule has 0 spiro atoms. The van der Waals surface area contributed by atoms with Gasteiger partial charge in [-0.15, -0.1) is 0 Å². The third-order valence-electron chi connectivity index (χ3n) is 1.92. The maximum Gasteiger partial charge on any atom is 0.144 e. The number of carbonyl (C=O) groups is 1. The number of rotatable bonds is 2. The zero-order valence-electron chi connectivity index (χ0n) is 8.74. The molecule has 0 unspecified atom stereocenters. The molecule has 0 radical (unpaired) electrons. The molecule has 0 aromatic heterocycles. The highest BCUT2D eigenvalue weighted by Crippen LogP contribution is 2.23. The third-order valence-corrected chi connectivity index (χ3v) is 1.92. The summed E-state index contributed by atoms with van der Waals surface area (Å²) in [4.78, 5) is 26.8. The molecule has 1 aliphatic rings. The molecule has 0 aromatic carbocycles. The fourth-order valence-corrected chi connectivity index (χ4v) is 1.41. The molecule has 14 heavy (non-hydrogen) atoms. The van der Waals surface area contributed by atoms with E-state index in [1.165, 1.54) is 0 Å². The van der Waals surface area contributed by atoms with Crippen molar-refractivity contribution >= 4 is 12.2 Å². The highest BCUT2D eigenvalue weighted by atomic mass is 16.7. The minimum Gasteiger partial charge on any atom is -0.301 e. The normalized spacial score (nSPS) is 23.6. The topological polar surface area (TPSA) is 46.6 Å². The van der Waals surface area contributed by atoms with Crippen LogP contribution in [0.1, 0.15) is 27.2 Å². The molecule has 4 heteroatoms. The average Bonchev–Trinajstić information content (AvgIpc) is 2.43. The van der Waals surface area contributed by atoms with E-state index in [0.29, 0.717) is 18.5 Å². The van der Waals surface area contributed by atoms with Gasteiger partial charge in [-0.25, -0.2) is 4.79 Å². The predicted octanol–water partition coefficient (Wildman–Crippen LogP) is 0.748. The van der Waals surface area contributed by atoms with Crippen molar-refractivity contribution < 1.29 is 14.4 Å². The fourth-order valence-electron chi connectivity index (χ4n) is 1.41. The lowest BCUT2D eigenvalue weighted by atomic mass is 10.1. The van der Waals surface area contributed by atoms with Crippen molar-refractivity contribution in [1.29, 1.82) is 0 Å². The predicted molar refractivity (Wildman–Crippen MR) is 51.2 cm³/mol. The average molecular weight is 197 g/mol. The molecule has 0 N–H and O–H groups in total. The van der Waals surface area contributed by atoms with E-state index in [0.717, 1.165) is 6.29 Å². The van der Waals surface area contributed by atoms with Gasteiger partial charge >= 0.3 is 0 Å². The van der Waals surface area contributed by atoms with Crippen LogP contribution in [0.4, 0.5) is 0 Å². The van der Waals surface area contributed by atoms with E-state index in [-0.39, 0.29) is 5.60 Å². The molecule has 0 aromatic rings. The molecule has 78 valence electrons.